The van der Waals surface area contributed by atoms with Gasteiger partial charge < -0.3 is 10.4 Å². The van der Waals surface area contributed by atoms with Gasteiger partial charge in [0.1, 0.15) is 0 Å². The van der Waals surface area contributed by atoms with Gasteiger partial charge in [-0.15, -0.1) is 0 Å². The van der Waals surface area contributed by atoms with Crippen molar-refractivity contribution >= 4 is 23.6 Å². The van der Waals surface area contributed by atoms with Crippen molar-refractivity contribution in [3.63, 3.8) is 0 Å². The number of nitrogens with one attached hydrogen (secondary N) is 1. The van der Waals surface area contributed by atoms with Crippen molar-refractivity contribution in [3.8, 4) is 0 Å². The van der Waals surface area contributed by atoms with Gasteiger partial charge in [0.25, 0.3) is 0 Å². The first-order valence-electron chi connectivity index (χ1n) is 5.83. The number of carboxylic acids is 1. The summed E-state index contributed by atoms with van der Waals surface area (Å²) in [5.74, 6) is -0.803. The summed E-state index contributed by atoms with van der Waals surface area (Å²) in [4.78, 5) is 23.2. The van der Waals surface area contributed by atoms with Crippen molar-refractivity contribution in [2.24, 2.45) is 23.7 Å². The van der Waals surface area contributed by atoms with E-state index < -0.39 is 11.9 Å². The summed E-state index contributed by atoms with van der Waals surface area (Å²) in [6.07, 6.45) is 6.75. The summed E-state index contributed by atoms with van der Waals surface area (Å²) in [6, 6.07) is 0. The molecule has 2 bridgehead atoms. The van der Waals surface area contributed by atoms with E-state index in [-0.39, 0.29) is 23.7 Å². The van der Waals surface area contributed by atoms with E-state index in [4.69, 9.17) is 0 Å². The van der Waals surface area contributed by atoms with Gasteiger partial charge in [-0.1, -0.05) is 12.2 Å². The van der Waals surface area contributed by atoms with Crippen LogP contribution >= 0.6 is 11.8 Å². The van der Waals surface area contributed by atoms with Crippen LogP contribution < -0.4 is 5.32 Å². The summed E-state index contributed by atoms with van der Waals surface area (Å²) >= 11 is 1.66. The van der Waals surface area contributed by atoms with Crippen molar-refractivity contribution in [2.75, 3.05) is 18.6 Å². The fourth-order valence-electron chi connectivity index (χ4n) is 2.91. The fourth-order valence-corrected chi connectivity index (χ4v) is 3.22. The maximum absolute atomic E-state index is 12.0. The number of hydrogen-bond acceptors (Lipinski definition) is 3. The van der Waals surface area contributed by atoms with E-state index in [0.29, 0.717) is 6.54 Å². The monoisotopic (exact) mass is 255 g/mol. The third kappa shape index (κ3) is 2.34. The molecule has 2 unspecified atom stereocenters. The van der Waals surface area contributed by atoms with Crippen molar-refractivity contribution in [1.29, 1.82) is 0 Å². The largest absolute Gasteiger partial charge is 0.481 e. The third-order valence-corrected chi connectivity index (χ3v) is 4.26. The number of allylic oxidation sites excluding steroid dienone is 2. The molecule has 2 aliphatic carbocycles. The fraction of sp³-hybridized carbons (Fsp3) is 0.667. The Morgan fingerprint density at radius 1 is 1.35 bits per heavy atom. The second-order valence-electron chi connectivity index (χ2n) is 4.62. The summed E-state index contributed by atoms with van der Waals surface area (Å²) in [6.45, 7) is 0.615. The van der Waals surface area contributed by atoms with Crippen LogP contribution in [-0.2, 0) is 9.59 Å². The lowest BCUT2D eigenvalue weighted by Gasteiger charge is -2.23. The SMILES string of the molecule is CSCCNC(=O)[C@H]1C2C=CC(C2)[C@H]1C(=O)O. The molecule has 0 aromatic carbocycles. The van der Waals surface area contributed by atoms with Gasteiger partial charge in [-0.05, 0) is 24.5 Å². The molecule has 1 fully saturated rings. The topological polar surface area (TPSA) is 66.4 Å². The number of amides is 1. The molecule has 1 amide bonds. The van der Waals surface area contributed by atoms with Gasteiger partial charge in [0, 0.05) is 12.3 Å². The minimum Gasteiger partial charge on any atom is -0.481 e. The molecule has 4 atom stereocenters. The molecule has 0 radical (unpaired) electrons. The zero-order valence-electron chi connectivity index (χ0n) is 9.76. The number of hydrogen-bond donors (Lipinski definition) is 2. The average molecular weight is 255 g/mol. The standard InChI is InChI=1S/C12H17NO3S/c1-17-5-4-13-11(14)9-7-2-3-8(6-7)10(9)12(15)16/h2-3,7-10H,4-6H2,1H3,(H,13,14)(H,15,16)/t7?,8?,9-,10+/m0/s1. The van der Waals surface area contributed by atoms with E-state index >= 15 is 0 Å². The van der Waals surface area contributed by atoms with Gasteiger partial charge in [-0.3, -0.25) is 9.59 Å². The lowest BCUT2D eigenvalue weighted by molar-refractivity contribution is -0.147. The van der Waals surface area contributed by atoms with E-state index in [0.717, 1.165) is 12.2 Å². The predicted octanol–water partition coefficient (Wildman–Crippen LogP) is 0.988. The lowest BCUT2D eigenvalue weighted by atomic mass is 9.82. The van der Waals surface area contributed by atoms with Gasteiger partial charge in [-0.2, -0.15) is 11.8 Å². The highest BCUT2D eigenvalue weighted by Crippen LogP contribution is 2.48. The van der Waals surface area contributed by atoms with Crippen molar-refractivity contribution in [3.05, 3.63) is 12.2 Å². The van der Waals surface area contributed by atoms with Crippen LogP contribution in [0.5, 0.6) is 0 Å². The van der Waals surface area contributed by atoms with Gasteiger partial charge in [0.05, 0.1) is 11.8 Å². The predicted molar refractivity (Wildman–Crippen MR) is 66.7 cm³/mol. The second-order valence-corrected chi connectivity index (χ2v) is 5.61. The van der Waals surface area contributed by atoms with Crippen LogP contribution in [0.1, 0.15) is 6.42 Å². The number of thioether (sulfide) groups is 1. The summed E-state index contributed by atoms with van der Waals surface area (Å²) < 4.78 is 0. The Bertz CT molecular complexity index is 356. The van der Waals surface area contributed by atoms with Crippen molar-refractivity contribution in [1.82, 2.24) is 5.32 Å². The maximum atomic E-state index is 12.0. The van der Waals surface area contributed by atoms with Crippen LogP contribution in [0.25, 0.3) is 0 Å². The zero-order chi connectivity index (χ0) is 12.4. The molecule has 5 heteroatoms. The van der Waals surface area contributed by atoms with E-state index in [2.05, 4.69) is 5.32 Å². The number of rotatable bonds is 5. The molecule has 2 N–H and O–H groups in total. The van der Waals surface area contributed by atoms with E-state index in [9.17, 15) is 14.7 Å². The van der Waals surface area contributed by atoms with Crippen molar-refractivity contribution < 1.29 is 14.7 Å². The average Bonchev–Trinajstić information content (AvgIpc) is 2.88. The Morgan fingerprint density at radius 3 is 2.59 bits per heavy atom. The molecule has 0 aromatic rings. The van der Waals surface area contributed by atoms with E-state index in [1.807, 2.05) is 18.4 Å². The van der Waals surface area contributed by atoms with Gasteiger partial charge >= 0.3 is 5.97 Å². The molecule has 0 aromatic heterocycles. The molecule has 0 heterocycles. The molecule has 0 spiro atoms. The lowest BCUT2D eigenvalue weighted by Crippen LogP contribution is -2.40. The molecule has 1 saturated carbocycles. The van der Waals surface area contributed by atoms with Crippen LogP contribution in [0.3, 0.4) is 0 Å². The summed E-state index contributed by atoms with van der Waals surface area (Å²) in [7, 11) is 0. The smallest absolute Gasteiger partial charge is 0.307 e. The first kappa shape index (κ1) is 12.5. The molecule has 17 heavy (non-hydrogen) atoms. The number of carboxylic acid groups (broad SMARTS) is 1. The van der Waals surface area contributed by atoms with Crippen LogP contribution in [-0.4, -0.2) is 35.5 Å². The van der Waals surface area contributed by atoms with Gasteiger partial charge in [-0.25, -0.2) is 0 Å². The second kappa shape index (κ2) is 5.12. The molecule has 0 saturated heterocycles. The Hall–Kier alpha value is -0.970. The highest BCUT2D eigenvalue weighted by molar-refractivity contribution is 7.98. The molecular formula is C12H17NO3S. The quantitative estimate of drug-likeness (QED) is 0.568. The molecule has 94 valence electrons. The normalized spacial score (nSPS) is 33.9. The highest BCUT2D eigenvalue weighted by Gasteiger charge is 2.51. The van der Waals surface area contributed by atoms with Crippen LogP contribution in [0, 0.1) is 23.7 Å². The Kier molecular flexibility index (Phi) is 3.76. The van der Waals surface area contributed by atoms with Gasteiger partial charge in [0.15, 0.2) is 0 Å². The molecule has 4 nitrogen and oxygen atoms in total. The molecular weight excluding hydrogens is 238 g/mol. The highest BCUT2D eigenvalue weighted by atomic mass is 32.2. The summed E-state index contributed by atoms with van der Waals surface area (Å²) in [5.41, 5.74) is 0. The van der Waals surface area contributed by atoms with Crippen LogP contribution in [0.2, 0.25) is 0 Å². The van der Waals surface area contributed by atoms with Crippen molar-refractivity contribution in [2.45, 2.75) is 6.42 Å². The first-order chi connectivity index (χ1) is 8.15. The van der Waals surface area contributed by atoms with Crippen LogP contribution in [0.4, 0.5) is 0 Å². The first-order valence-corrected chi connectivity index (χ1v) is 7.22. The number of carbonyl (C=O) groups is 2. The Labute approximate surface area is 105 Å². The molecule has 0 aliphatic heterocycles. The zero-order valence-corrected chi connectivity index (χ0v) is 10.6. The van der Waals surface area contributed by atoms with Gasteiger partial charge in [0.2, 0.25) is 5.91 Å². The van der Waals surface area contributed by atoms with E-state index in [1.165, 1.54) is 0 Å². The third-order valence-electron chi connectivity index (χ3n) is 3.65. The Morgan fingerprint density at radius 2 is 2.00 bits per heavy atom. The van der Waals surface area contributed by atoms with E-state index in [1.54, 1.807) is 11.8 Å². The number of aliphatic carboxylic acids is 1. The molecule has 2 aliphatic rings. The number of fused-ring (bicyclic) bond motifs is 2. The molecule has 2 rings (SSSR count). The summed E-state index contributed by atoms with van der Waals surface area (Å²) in [5, 5.41) is 12.0. The van der Waals surface area contributed by atoms with Crippen LogP contribution in [0.15, 0.2) is 12.2 Å². The minimum atomic E-state index is -0.841. The minimum absolute atomic E-state index is 0.0498. The Balaban J connectivity index is 2.01. The number of carbonyl (C=O) groups excluding carboxylic acids is 1. The maximum Gasteiger partial charge on any atom is 0.307 e.